The third kappa shape index (κ3) is 3.37. The molecule has 3 nitrogen and oxygen atoms in total. The largest absolute Gasteiger partial charge is 0.397 e. The fraction of sp³-hybridized carbons (Fsp3) is 0.0909. The van der Waals surface area contributed by atoms with Crippen molar-refractivity contribution in [2.75, 3.05) is 0 Å². The zero-order valence-electron chi connectivity index (χ0n) is 8.45. The lowest BCUT2D eigenvalue weighted by Crippen LogP contribution is -2.21. The number of hydrogen-bond acceptors (Lipinski definition) is 3. The number of nitriles is 1. The molecule has 2 N–H and O–H groups in total. The van der Waals surface area contributed by atoms with Crippen LogP contribution in [-0.4, -0.2) is 9.58 Å². The van der Waals surface area contributed by atoms with Gasteiger partial charge in [-0.2, -0.15) is 5.26 Å². The number of benzene rings is 1. The monoisotopic (exact) mass is 288 g/mol. The fourth-order valence-electron chi connectivity index (χ4n) is 1.11. The van der Waals surface area contributed by atoms with Gasteiger partial charge in [0.1, 0.15) is 11.6 Å². The summed E-state index contributed by atoms with van der Waals surface area (Å²) in [6, 6.07) is 9.81. The van der Waals surface area contributed by atoms with Gasteiger partial charge < -0.3 is 5.73 Å². The summed E-state index contributed by atoms with van der Waals surface area (Å²) in [5, 5.41) is 8.91. The van der Waals surface area contributed by atoms with Gasteiger partial charge >= 0.3 is 0 Å². The van der Waals surface area contributed by atoms with Crippen LogP contribution in [0.1, 0.15) is 10.4 Å². The van der Waals surface area contributed by atoms with E-state index in [1.54, 1.807) is 36.4 Å². The Morgan fingerprint density at radius 2 is 1.76 bits per heavy atom. The van der Waals surface area contributed by atoms with E-state index in [9.17, 15) is 4.79 Å². The maximum absolute atomic E-state index is 11.9. The highest BCUT2D eigenvalue weighted by Crippen LogP contribution is 2.33. The summed E-state index contributed by atoms with van der Waals surface area (Å²) in [5.41, 5.74) is 5.05. The van der Waals surface area contributed by atoms with Gasteiger partial charge in [0.25, 0.3) is 0 Å². The first-order valence-electron chi connectivity index (χ1n) is 4.44. The first-order chi connectivity index (χ1) is 7.88. The molecule has 0 atom stereocenters. The van der Waals surface area contributed by atoms with E-state index in [-0.39, 0.29) is 11.3 Å². The van der Waals surface area contributed by atoms with E-state index in [1.807, 2.05) is 0 Å². The van der Waals surface area contributed by atoms with Crippen molar-refractivity contribution in [2.24, 2.45) is 5.73 Å². The summed E-state index contributed by atoms with van der Waals surface area (Å²) in [5.74, 6) is -0.572. The van der Waals surface area contributed by atoms with Crippen LogP contribution in [0.15, 0.2) is 41.6 Å². The number of alkyl halides is 3. The van der Waals surface area contributed by atoms with Gasteiger partial charge in [0.05, 0.1) is 5.70 Å². The Balaban J connectivity index is 3.24. The Morgan fingerprint density at radius 1 is 1.24 bits per heavy atom. The summed E-state index contributed by atoms with van der Waals surface area (Å²) >= 11 is 16.6. The van der Waals surface area contributed by atoms with Gasteiger partial charge in [-0.05, 0) is 0 Å². The van der Waals surface area contributed by atoms with Crippen LogP contribution in [0.4, 0.5) is 0 Å². The summed E-state index contributed by atoms with van der Waals surface area (Å²) < 4.78 is -1.98. The molecule has 0 saturated heterocycles. The number of halogens is 3. The predicted molar refractivity (Wildman–Crippen MR) is 67.9 cm³/mol. The van der Waals surface area contributed by atoms with E-state index in [0.29, 0.717) is 5.56 Å². The number of ketones is 1. The number of allylic oxidation sites excluding steroid dienone is 2. The van der Waals surface area contributed by atoms with E-state index in [1.165, 1.54) is 0 Å². The molecule has 0 fully saturated rings. The minimum atomic E-state index is -1.98. The zero-order chi connectivity index (χ0) is 13.1. The van der Waals surface area contributed by atoms with Gasteiger partial charge in [-0.25, -0.2) is 0 Å². The van der Waals surface area contributed by atoms with Crippen LogP contribution in [0.25, 0.3) is 0 Å². The van der Waals surface area contributed by atoms with Crippen LogP contribution in [0.3, 0.4) is 0 Å². The maximum Gasteiger partial charge on any atom is 0.231 e. The average molecular weight is 290 g/mol. The number of carbonyl (C=O) groups is 1. The smallest absolute Gasteiger partial charge is 0.231 e. The SMILES string of the molecule is N#C/C(C(=O)c1ccccc1)=C(\N)C(Cl)(Cl)Cl. The number of carbonyl (C=O) groups excluding carboxylic acids is 1. The molecule has 0 aliphatic rings. The standard InChI is InChI=1S/C11H7Cl3N2O/c12-11(13,14)10(16)8(6-15)9(17)7-4-2-1-3-5-7/h1-5H,16H2/b10-8+. The van der Waals surface area contributed by atoms with Crippen molar-refractivity contribution in [1.29, 1.82) is 5.26 Å². The molecule has 1 aromatic rings. The molecule has 0 saturated carbocycles. The maximum atomic E-state index is 11.9. The normalized spacial score (nSPS) is 12.6. The lowest BCUT2D eigenvalue weighted by atomic mass is 10.0. The Hall–Kier alpha value is -1.21. The van der Waals surface area contributed by atoms with Gasteiger partial charge in [-0.3, -0.25) is 4.79 Å². The quantitative estimate of drug-likeness (QED) is 0.394. The van der Waals surface area contributed by atoms with Gasteiger partial charge in [0.2, 0.25) is 9.58 Å². The molecule has 0 spiro atoms. The number of rotatable bonds is 2. The van der Waals surface area contributed by atoms with Crippen molar-refractivity contribution in [2.45, 2.75) is 3.79 Å². The number of nitrogens with zero attached hydrogens (tertiary/aromatic N) is 1. The van der Waals surface area contributed by atoms with Crippen LogP contribution in [0.2, 0.25) is 0 Å². The zero-order valence-corrected chi connectivity index (χ0v) is 10.7. The van der Waals surface area contributed by atoms with Crippen molar-refractivity contribution >= 4 is 40.6 Å². The second kappa shape index (κ2) is 5.42. The van der Waals surface area contributed by atoms with Gasteiger partial charge in [0, 0.05) is 5.56 Å². The van der Waals surface area contributed by atoms with Crippen molar-refractivity contribution in [3.05, 3.63) is 47.2 Å². The van der Waals surface area contributed by atoms with Crippen LogP contribution >= 0.6 is 34.8 Å². The van der Waals surface area contributed by atoms with Crippen LogP contribution in [0, 0.1) is 11.3 Å². The first-order valence-corrected chi connectivity index (χ1v) is 5.58. The summed E-state index contributed by atoms with van der Waals surface area (Å²) in [6.45, 7) is 0. The molecule has 6 heteroatoms. The van der Waals surface area contributed by atoms with E-state index in [0.717, 1.165) is 0 Å². The molecule has 0 amide bonds. The third-order valence-corrected chi connectivity index (χ3v) is 2.56. The molecule has 0 radical (unpaired) electrons. The van der Waals surface area contributed by atoms with E-state index >= 15 is 0 Å². The van der Waals surface area contributed by atoms with E-state index < -0.39 is 9.58 Å². The Labute approximate surface area is 113 Å². The minimum Gasteiger partial charge on any atom is -0.397 e. The molecule has 17 heavy (non-hydrogen) atoms. The molecule has 0 aromatic heterocycles. The molecule has 0 unspecified atom stereocenters. The van der Waals surface area contributed by atoms with E-state index in [2.05, 4.69) is 0 Å². The molecule has 88 valence electrons. The van der Waals surface area contributed by atoms with Crippen molar-refractivity contribution < 1.29 is 4.79 Å². The van der Waals surface area contributed by atoms with E-state index in [4.69, 9.17) is 45.8 Å². The number of hydrogen-bond donors (Lipinski definition) is 1. The first kappa shape index (κ1) is 13.9. The molecule has 0 bridgehead atoms. The summed E-state index contributed by atoms with van der Waals surface area (Å²) in [6.07, 6.45) is 0. The third-order valence-electron chi connectivity index (χ3n) is 1.95. The molecule has 1 aromatic carbocycles. The second-order valence-electron chi connectivity index (χ2n) is 3.09. The Kier molecular flexibility index (Phi) is 4.41. The van der Waals surface area contributed by atoms with Crippen LogP contribution < -0.4 is 5.73 Å². The van der Waals surface area contributed by atoms with Crippen molar-refractivity contribution in [3.63, 3.8) is 0 Å². The fourth-order valence-corrected chi connectivity index (χ4v) is 1.39. The topological polar surface area (TPSA) is 66.9 Å². The lowest BCUT2D eigenvalue weighted by molar-refractivity contribution is 0.103. The highest BCUT2D eigenvalue weighted by molar-refractivity contribution is 6.69. The predicted octanol–water partition coefficient (Wildman–Crippen LogP) is 2.98. The summed E-state index contributed by atoms with van der Waals surface area (Å²) in [7, 11) is 0. The number of nitrogens with two attached hydrogens (primary N) is 1. The average Bonchev–Trinajstić information content (AvgIpc) is 2.29. The molecule has 0 aliphatic heterocycles. The van der Waals surface area contributed by atoms with Crippen molar-refractivity contribution in [1.82, 2.24) is 0 Å². The molecule has 0 aliphatic carbocycles. The Morgan fingerprint density at radius 3 is 2.18 bits per heavy atom. The molecular formula is C11H7Cl3N2O. The molecular weight excluding hydrogens is 282 g/mol. The molecule has 0 heterocycles. The van der Waals surface area contributed by atoms with Gasteiger partial charge in [0.15, 0.2) is 0 Å². The van der Waals surface area contributed by atoms with Gasteiger partial charge in [-0.1, -0.05) is 65.1 Å². The van der Waals surface area contributed by atoms with Gasteiger partial charge in [-0.15, -0.1) is 0 Å². The second-order valence-corrected chi connectivity index (χ2v) is 5.37. The number of Topliss-reactive ketones (excluding diaryl/α,β-unsaturated/α-hetero) is 1. The van der Waals surface area contributed by atoms with Crippen LogP contribution in [0.5, 0.6) is 0 Å². The Bertz CT molecular complexity index is 498. The van der Waals surface area contributed by atoms with Crippen LogP contribution in [-0.2, 0) is 0 Å². The minimum absolute atomic E-state index is 0.307. The summed E-state index contributed by atoms with van der Waals surface area (Å²) in [4.78, 5) is 11.9. The molecule has 1 rings (SSSR count). The highest BCUT2D eigenvalue weighted by Gasteiger charge is 2.30. The highest BCUT2D eigenvalue weighted by atomic mass is 35.6. The van der Waals surface area contributed by atoms with Crippen molar-refractivity contribution in [3.8, 4) is 6.07 Å². The lowest BCUT2D eigenvalue weighted by Gasteiger charge is -2.12.